The number of halogens is 4. The first-order valence-electron chi connectivity index (χ1n) is 12.9. The second-order valence-corrected chi connectivity index (χ2v) is 12.1. The third kappa shape index (κ3) is 7.52. The minimum Gasteiger partial charge on any atom is -0.497 e. The summed E-state index contributed by atoms with van der Waals surface area (Å²) in [5.74, 6) is -0.338. The fourth-order valence-corrected chi connectivity index (χ4v) is 6.10. The summed E-state index contributed by atoms with van der Waals surface area (Å²) in [6.07, 6.45) is 1.69. The van der Waals surface area contributed by atoms with Gasteiger partial charge in [-0.2, -0.15) is 0 Å². The van der Waals surface area contributed by atoms with Crippen LogP contribution in [-0.2, 0) is 17.9 Å². The van der Waals surface area contributed by atoms with E-state index in [0.29, 0.717) is 42.9 Å². The van der Waals surface area contributed by atoms with Crippen molar-refractivity contribution in [1.82, 2.24) is 4.90 Å². The van der Waals surface area contributed by atoms with Gasteiger partial charge < -0.3 is 14.6 Å². The topological polar surface area (TPSA) is 88.4 Å². The molecule has 1 amide bonds. The summed E-state index contributed by atoms with van der Waals surface area (Å²) < 4.78 is 11.1. The Kier molecular flexibility index (Phi) is 10.1. The van der Waals surface area contributed by atoms with Crippen molar-refractivity contribution in [3.8, 4) is 11.5 Å². The number of hydrogen-bond donors (Lipinski definition) is 1. The maximum Gasteiger partial charge on any atom is 0.335 e. The van der Waals surface area contributed by atoms with Crippen molar-refractivity contribution in [2.75, 3.05) is 7.11 Å². The van der Waals surface area contributed by atoms with Gasteiger partial charge in [0.1, 0.15) is 12.4 Å². The van der Waals surface area contributed by atoms with Crippen molar-refractivity contribution in [2.45, 2.75) is 13.2 Å². The number of amidine groups is 1. The average Bonchev–Trinajstić information content (AvgIpc) is 3.27. The van der Waals surface area contributed by atoms with E-state index < -0.39 is 5.97 Å². The Hall–Kier alpha value is -3.66. The monoisotopic (exact) mass is 686 g/mol. The number of rotatable bonds is 9. The molecule has 44 heavy (non-hydrogen) atoms. The summed E-state index contributed by atoms with van der Waals surface area (Å²) in [4.78, 5) is 31.6. The zero-order valence-corrected chi connectivity index (χ0v) is 26.7. The Morgan fingerprint density at radius 1 is 0.886 bits per heavy atom. The van der Waals surface area contributed by atoms with Gasteiger partial charge in [-0.15, -0.1) is 0 Å². The van der Waals surface area contributed by atoms with E-state index in [2.05, 4.69) is 0 Å². The molecule has 0 aliphatic carbocycles. The molecule has 12 heteroatoms. The molecule has 0 bridgehead atoms. The van der Waals surface area contributed by atoms with Gasteiger partial charge in [0.15, 0.2) is 10.9 Å². The highest BCUT2D eigenvalue weighted by Crippen LogP contribution is 2.39. The molecular weight excluding hydrogens is 666 g/mol. The molecule has 5 rings (SSSR count). The third-order valence-electron chi connectivity index (χ3n) is 6.41. The lowest BCUT2D eigenvalue weighted by Gasteiger charge is -2.16. The van der Waals surface area contributed by atoms with E-state index in [1.165, 1.54) is 28.8 Å². The van der Waals surface area contributed by atoms with Gasteiger partial charge in [-0.05, 0) is 95.2 Å². The quantitative estimate of drug-likeness (QED) is 0.176. The van der Waals surface area contributed by atoms with Gasteiger partial charge in [-0.3, -0.25) is 9.69 Å². The van der Waals surface area contributed by atoms with Crippen molar-refractivity contribution >= 4 is 87.0 Å². The first-order chi connectivity index (χ1) is 21.1. The number of benzene rings is 4. The van der Waals surface area contributed by atoms with Crippen LogP contribution >= 0.6 is 58.2 Å². The van der Waals surface area contributed by atoms with E-state index in [1.54, 1.807) is 79.9 Å². The van der Waals surface area contributed by atoms with Crippen LogP contribution in [0.2, 0.25) is 20.1 Å². The van der Waals surface area contributed by atoms with Crippen molar-refractivity contribution in [1.29, 1.82) is 0 Å². The number of carbonyl (C=O) groups is 2. The number of carboxylic acids is 1. The van der Waals surface area contributed by atoms with Crippen LogP contribution < -0.4 is 9.47 Å². The van der Waals surface area contributed by atoms with E-state index in [4.69, 9.17) is 60.9 Å². The van der Waals surface area contributed by atoms with Crippen LogP contribution in [-0.4, -0.2) is 34.2 Å². The molecule has 0 radical (unpaired) electrons. The summed E-state index contributed by atoms with van der Waals surface area (Å²) >= 11 is 26.4. The fourth-order valence-electron chi connectivity index (χ4n) is 4.17. The maximum absolute atomic E-state index is 13.7. The minimum atomic E-state index is -1.03. The number of carboxylic acid groups (broad SMARTS) is 1. The molecule has 224 valence electrons. The number of carbonyl (C=O) groups excluding carboxylic acids is 1. The zero-order chi connectivity index (χ0) is 31.4. The summed E-state index contributed by atoms with van der Waals surface area (Å²) in [5.41, 5.74) is 2.90. The maximum atomic E-state index is 13.7. The smallest absolute Gasteiger partial charge is 0.335 e. The van der Waals surface area contributed by atoms with Crippen LogP contribution in [0.4, 0.5) is 5.69 Å². The molecule has 1 fully saturated rings. The molecule has 0 spiro atoms. The standard InChI is InChI=1S/C32H22Cl4N2O5S/c1-42-23-9-7-22(8-10-23)37-32-38(16-18-2-5-21(6-3-18)31(40)41)30(39)28(44-32)15-20-13-26(35)29(27(36)14-20)43-17-19-4-11-24(33)25(34)12-19/h2-15H,16-17H2,1H3,(H,40,41)/b28-15-,37-32?. The fraction of sp³-hybridized carbons (Fsp3) is 0.0938. The van der Waals surface area contributed by atoms with Gasteiger partial charge in [0.05, 0.1) is 49.9 Å². The van der Waals surface area contributed by atoms with Crippen molar-refractivity contribution in [3.63, 3.8) is 0 Å². The number of hydrogen-bond acceptors (Lipinski definition) is 6. The Bertz CT molecular complexity index is 1770. The molecule has 0 unspecified atom stereocenters. The van der Waals surface area contributed by atoms with Crippen molar-refractivity contribution in [3.05, 3.63) is 126 Å². The zero-order valence-electron chi connectivity index (χ0n) is 22.9. The number of nitrogens with zero attached hydrogens (tertiary/aromatic N) is 2. The number of aliphatic imine (C=N–C) groups is 1. The van der Waals surface area contributed by atoms with Crippen molar-refractivity contribution in [2.24, 2.45) is 4.99 Å². The van der Waals surface area contributed by atoms with Gasteiger partial charge in [-0.1, -0.05) is 64.6 Å². The van der Waals surface area contributed by atoms with E-state index in [9.17, 15) is 14.7 Å². The van der Waals surface area contributed by atoms with Crippen LogP contribution in [0.5, 0.6) is 11.5 Å². The first-order valence-corrected chi connectivity index (χ1v) is 15.3. The molecule has 0 atom stereocenters. The highest BCUT2D eigenvalue weighted by molar-refractivity contribution is 8.18. The number of amides is 1. The number of thioether (sulfide) groups is 1. The van der Waals surface area contributed by atoms with E-state index in [-0.39, 0.29) is 34.7 Å². The lowest BCUT2D eigenvalue weighted by molar-refractivity contribution is -0.122. The molecule has 0 saturated carbocycles. The van der Waals surface area contributed by atoms with Crippen LogP contribution in [0.1, 0.15) is 27.0 Å². The molecule has 1 N–H and O–H groups in total. The van der Waals surface area contributed by atoms with Crippen LogP contribution in [0.25, 0.3) is 6.08 Å². The summed E-state index contributed by atoms with van der Waals surface area (Å²) in [7, 11) is 1.58. The largest absolute Gasteiger partial charge is 0.497 e. The Morgan fingerprint density at radius 3 is 2.16 bits per heavy atom. The van der Waals surface area contributed by atoms with Crippen LogP contribution in [0, 0.1) is 0 Å². The lowest BCUT2D eigenvalue weighted by atomic mass is 10.1. The van der Waals surface area contributed by atoms with Gasteiger partial charge in [0.25, 0.3) is 5.91 Å². The SMILES string of the molecule is COc1ccc(N=C2S/C(=C\c3cc(Cl)c(OCc4ccc(Cl)c(Cl)c4)c(Cl)c3)C(=O)N2Cc2ccc(C(=O)O)cc2)cc1. The van der Waals surface area contributed by atoms with E-state index in [0.717, 1.165) is 11.1 Å². The Labute approximate surface area is 277 Å². The second kappa shape index (κ2) is 14.0. The lowest BCUT2D eigenvalue weighted by Crippen LogP contribution is -2.28. The van der Waals surface area contributed by atoms with Gasteiger partial charge in [-0.25, -0.2) is 9.79 Å². The predicted molar refractivity (Wildman–Crippen MR) is 177 cm³/mol. The van der Waals surface area contributed by atoms with E-state index >= 15 is 0 Å². The van der Waals surface area contributed by atoms with Crippen molar-refractivity contribution < 1.29 is 24.2 Å². The molecule has 7 nitrogen and oxygen atoms in total. The molecule has 1 aliphatic heterocycles. The summed E-state index contributed by atoms with van der Waals surface area (Å²) in [5, 5.41) is 11.1. The van der Waals surface area contributed by atoms with Gasteiger partial charge in [0.2, 0.25) is 0 Å². The van der Waals surface area contributed by atoms with Crippen LogP contribution in [0.3, 0.4) is 0 Å². The number of ether oxygens (including phenoxy) is 2. The van der Waals surface area contributed by atoms with Gasteiger partial charge in [0, 0.05) is 0 Å². The van der Waals surface area contributed by atoms with Crippen LogP contribution in [0.15, 0.2) is 88.8 Å². The highest BCUT2D eigenvalue weighted by atomic mass is 35.5. The highest BCUT2D eigenvalue weighted by Gasteiger charge is 2.33. The summed E-state index contributed by atoms with van der Waals surface area (Å²) in [6, 6.07) is 22.0. The number of aromatic carboxylic acids is 1. The second-order valence-electron chi connectivity index (χ2n) is 9.45. The molecule has 0 aromatic heterocycles. The molecular formula is C32H22Cl4N2O5S. The molecule has 1 heterocycles. The van der Waals surface area contributed by atoms with E-state index in [1.807, 2.05) is 0 Å². The number of methoxy groups -OCH3 is 1. The minimum absolute atomic E-state index is 0.154. The molecule has 1 aliphatic rings. The van der Waals surface area contributed by atoms with Gasteiger partial charge >= 0.3 is 5.97 Å². The average molecular weight is 688 g/mol. The molecule has 4 aromatic carbocycles. The first kappa shape index (κ1) is 31.8. The Balaban J connectivity index is 1.41. The predicted octanol–water partition coefficient (Wildman–Crippen LogP) is 9.39. The molecule has 1 saturated heterocycles. The normalized spacial score (nSPS) is 14.8. The third-order valence-corrected chi connectivity index (χ3v) is 8.72. The Morgan fingerprint density at radius 2 is 1.55 bits per heavy atom. The summed E-state index contributed by atoms with van der Waals surface area (Å²) in [6.45, 7) is 0.347. The molecule has 4 aromatic rings.